The molecule has 0 bridgehead atoms. The van der Waals surface area contributed by atoms with Gasteiger partial charge >= 0.3 is 0 Å². The Morgan fingerprint density at radius 3 is 2.63 bits per heavy atom. The molecule has 0 unspecified atom stereocenters. The van der Waals surface area contributed by atoms with Gasteiger partial charge in [-0.05, 0) is 29.8 Å². The van der Waals surface area contributed by atoms with Crippen LogP contribution in [-0.4, -0.2) is 13.2 Å². The Balaban J connectivity index is 0.00000133. The molecule has 1 aromatic heterocycles. The fourth-order valence-electron chi connectivity index (χ4n) is 1.94. The fraction of sp³-hybridized carbons (Fsp3) is 0.286. The number of hydrogen-bond donors (Lipinski definition) is 1. The van der Waals surface area contributed by atoms with Crippen LogP contribution in [-0.2, 0) is 13.1 Å². The van der Waals surface area contributed by atoms with E-state index in [1.807, 2.05) is 30.3 Å². The number of benzene rings is 1. The minimum Gasteiger partial charge on any atom is -1.00 e. The van der Waals surface area contributed by atoms with E-state index >= 15 is 0 Å². The number of ether oxygens (including phenoxy) is 2. The van der Waals surface area contributed by atoms with E-state index in [4.69, 9.17) is 13.9 Å². The molecule has 0 atom stereocenters. The molecule has 0 spiro atoms. The minimum atomic E-state index is 0. The highest BCUT2D eigenvalue weighted by atomic mass is 35.5. The average Bonchev–Trinajstić information content (AvgIpc) is 2.92. The van der Waals surface area contributed by atoms with E-state index in [1.165, 1.54) is 5.56 Å². The highest BCUT2D eigenvalue weighted by molar-refractivity contribution is 5.43. The SMILES string of the molecule is [Cl-].c1coc(CNCc2ccc3c(c2)OCCO3)c1. The van der Waals surface area contributed by atoms with Gasteiger partial charge in [0.25, 0.3) is 0 Å². The van der Waals surface area contributed by atoms with Gasteiger partial charge in [0.05, 0.1) is 12.8 Å². The third kappa shape index (κ3) is 3.43. The van der Waals surface area contributed by atoms with Crippen LogP contribution < -0.4 is 27.2 Å². The van der Waals surface area contributed by atoms with Crippen LogP contribution in [0, 0.1) is 0 Å². The maximum atomic E-state index is 5.55. The topological polar surface area (TPSA) is 43.6 Å². The van der Waals surface area contributed by atoms with Crippen molar-refractivity contribution in [1.29, 1.82) is 0 Å². The number of hydrogen-bond acceptors (Lipinski definition) is 4. The quantitative estimate of drug-likeness (QED) is 0.808. The summed E-state index contributed by atoms with van der Waals surface area (Å²) in [6.45, 7) is 2.75. The Bertz CT molecular complexity index is 513. The Morgan fingerprint density at radius 1 is 1.00 bits per heavy atom. The van der Waals surface area contributed by atoms with Gasteiger partial charge in [-0.15, -0.1) is 0 Å². The van der Waals surface area contributed by atoms with Crippen LogP contribution in [0.2, 0.25) is 0 Å². The monoisotopic (exact) mass is 280 g/mol. The number of nitrogens with one attached hydrogen (secondary N) is 1. The third-order valence-corrected chi connectivity index (χ3v) is 2.82. The Kier molecular flexibility index (Phi) is 4.71. The molecular formula is C14H15ClNO3-. The minimum absolute atomic E-state index is 0. The van der Waals surface area contributed by atoms with Gasteiger partial charge in [0.2, 0.25) is 0 Å². The van der Waals surface area contributed by atoms with Crippen molar-refractivity contribution in [2.75, 3.05) is 13.2 Å². The van der Waals surface area contributed by atoms with Crippen molar-refractivity contribution in [3.63, 3.8) is 0 Å². The molecule has 0 radical (unpaired) electrons. The average molecular weight is 281 g/mol. The van der Waals surface area contributed by atoms with Crippen molar-refractivity contribution in [2.45, 2.75) is 13.1 Å². The Labute approximate surface area is 118 Å². The molecule has 0 fully saturated rings. The predicted octanol–water partition coefficient (Wildman–Crippen LogP) is -0.655. The van der Waals surface area contributed by atoms with Crippen LogP contribution in [0.4, 0.5) is 0 Å². The van der Waals surface area contributed by atoms with Gasteiger partial charge in [-0.2, -0.15) is 0 Å². The largest absolute Gasteiger partial charge is 1.00 e. The van der Waals surface area contributed by atoms with Crippen LogP contribution in [0.3, 0.4) is 0 Å². The summed E-state index contributed by atoms with van der Waals surface area (Å²) >= 11 is 0. The molecule has 0 saturated heterocycles. The van der Waals surface area contributed by atoms with Crippen molar-refractivity contribution in [2.24, 2.45) is 0 Å². The molecule has 0 amide bonds. The molecule has 5 heteroatoms. The van der Waals surface area contributed by atoms with Crippen molar-refractivity contribution in [3.05, 3.63) is 47.9 Å². The summed E-state index contributed by atoms with van der Waals surface area (Å²) in [4.78, 5) is 0. The van der Waals surface area contributed by atoms with Crippen LogP contribution >= 0.6 is 0 Å². The first-order valence-electron chi connectivity index (χ1n) is 6.03. The molecule has 3 rings (SSSR count). The maximum absolute atomic E-state index is 5.55. The van der Waals surface area contributed by atoms with E-state index in [0.29, 0.717) is 13.2 Å². The normalized spacial score (nSPS) is 12.8. The smallest absolute Gasteiger partial charge is 0.161 e. The third-order valence-electron chi connectivity index (χ3n) is 2.82. The van der Waals surface area contributed by atoms with Gasteiger partial charge in [0.15, 0.2) is 11.5 Å². The van der Waals surface area contributed by atoms with Crippen LogP contribution in [0.15, 0.2) is 41.0 Å². The van der Waals surface area contributed by atoms with Crippen molar-refractivity contribution in [1.82, 2.24) is 5.32 Å². The molecule has 102 valence electrons. The number of halogens is 1. The Morgan fingerprint density at radius 2 is 1.84 bits per heavy atom. The van der Waals surface area contributed by atoms with E-state index < -0.39 is 0 Å². The highest BCUT2D eigenvalue weighted by Crippen LogP contribution is 2.30. The zero-order valence-electron chi connectivity index (χ0n) is 10.4. The standard InChI is InChI=1S/C14H15NO3.ClH/c1-2-12(16-5-1)10-15-9-11-3-4-13-14(8-11)18-7-6-17-13;/h1-5,8,15H,6-7,9-10H2;1H/p-1. The van der Waals surface area contributed by atoms with Gasteiger partial charge in [0, 0.05) is 6.54 Å². The first-order valence-corrected chi connectivity index (χ1v) is 6.03. The van der Waals surface area contributed by atoms with Crippen molar-refractivity contribution >= 4 is 0 Å². The van der Waals surface area contributed by atoms with E-state index in [-0.39, 0.29) is 12.4 Å². The molecule has 4 nitrogen and oxygen atoms in total. The lowest BCUT2D eigenvalue weighted by Crippen LogP contribution is -3.00. The summed E-state index contributed by atoms with van der Waals surface area (Å²) in [7, 11) is 0. The predicted molar refractivity (Wildman–Crippen MR) is 66.7 cm³/mol. The zero-order valence-corrected chi connectivity index (χ0v) is 11.2. The second-order valence-electron chi connectivity index (χ2n) is 4.16. The summed E-state index contributed by atoms with van der Waals surface area (Å²) in [5, 5.41) is 3.32. The number of rotatable bonds is 4. The lowest BCUT2D eigenvalue weighted by molar-refractivity contribution is -0.00000476. The molecule has 19 heavy (non-hydrogen) atoms. The summed E-state index contributed by atoms with van der Waals surface area (Å²) in [6, 6.07) is 9.86. The second kappa shape index (κ2) is 6.50. The molecule has 1 aliphatic rings. The van der Waals surface area contributed by atoms with Crippen molar-refractivity contribution < 1.29 is 26.3 Å². The summed E-state index contributed by atoms with van der Waals surface area (Å²) < 4.78 is 16.3. The molecule has 1 aromatic carbocycles. The van der Waals surface area contributed by atoms with Gasteiger partial charge < -0.3 is 31.6 Å². The molecule has 2 aromatic rings. The molecule has 2 heterocycles. The second-order valence-corrected chi connectivity index (χ2v) is 4.16. The highest BCUT2D eigenvalue weighted by Gasteiger charge is 2.11. The summed E-state index contributed by atoms with van der Waals surface area (Å²) in [6.07, 6.45) is 1.68. The lowest BCUT2D eigenvalue weighted by Gasteiger charge is -2.18. The van der Waals surface area contributed by atoms with Crippen LogP contribution in [0.25, 0.3) is 0 Å². The molecule has 1 aliphatic heterocycles. The van der Waals surface area contributed by atoms with Gasteiger partial charge in [0.1, 0.15) is 19.0 Å². The first kappa shape index (κ1) is 13.8. The summed E-state index contributed by atoms with van der Waals surface area (Å²) in [5.74, 6) is 2.60. The maximum Gasteiger partial charge on any atom is 0.161 e. The molecule has 0 aliphatic carbocycles. The van der Waals surface area contributed by atoms with Gasteiger partial charge in [-0.25, -0.2) is 0 Å². The number of furan rings is 1. The van der Waals surface area contributed by atoms with Gasteiger partial charge in [-0.1, -0.05) is 6.07 Å². The van der Waals surface area contributed by atoms with E-state index in [2.05, 4.69) is 5.32 Å². The van der Waals surface area contributed by atoms with E-state index in [9.17, 15) is 0 Å². The Hall–Kier alpha value is -1.65. The first-order chi connectivity index (χ1) is 8.92. The lowest BCUT2D eigenvalue weighted by atomic mass is 10.2. The van der Waals surface area contributed by atoms with Crippen LogP contribution in [0.5, 0.6) is 11.5 Å². The van der Waals surface area contributed by atoms with E-state index in [1.54, 1.807) is 6.26 Å². The molecular weight excluding hydrogens is 266 g/mol. The van der Waals surface area contributed by atoms with Crippen molar-refractivity contribution in [3.8, 4) is 11.5 Å². The summed E-state index contributed by atoms with van der Waals surface area (Å²) in [5.41, 5.74) is 1.17. The zero-order chi connectivity index (χ0) is 12.2. The van der Waals surface area contributed by atoms with Crippen LogP contribution in [0.1, 0.15) is 11.3 Å². The molecule has 1 N–H and O–H groups in total. The van der Waals surface area contributed by atoms with E-state index in [0.717, 1.165) is 30.3 Å². The molecule has 0 saturated carbocycles. The number of fused-ring (bicyclic) bond motifs is 1. The fourth-order valence-corrected chi connectivity index (χ4v) is 1.94. The van der Waals surface area contributed by atoms with Gasteiger partial charge in [-0.3, -0.25) is 0 Å².